The highest BCUT2D eigenvalue weighted by Crippen LogP contribution is 2.20. The van der Waals surface area contributed by atoms with Gasteiger partial charge in [-0.2, -0.15) is 10.2 Å². The fourth-order valence-electron chi connectivity index (χ4n) is 2.09. The zero-order chi connectivity index (χ0) is 12.4. The SMILES string of the molecule is CCn1nc(C)cc1C(NC)c1ccn(C)n1. The van der Waals surface area contributed by atoms with Crippen molar-refractivity contribution >= 4 is 0 Å². The van der Waals surface area contributed by atoms with Crippen LogP contribution in [0, 0.1) is 6.92 Å². The molecule has 0 aliphatic heterocycles. The molecule has 0 fully saturated rings. The number of hydrogen-bond donors (Lipinski definition) is 1. The summed E-state index contributed by atoms with van der Waals surface area (Å²) in [5.74, 6) is 0. The molecule has 0 aliphatic rings. The van der Waals surface area contributed by atoms with Crippen LogP contribution in [0.15, 0.2) is 18.3 Å². The van der Waals surface area contributed by atoms with E-state index in [2.05, 4.69) is 28.5 Å². The summed E-state index contributed by atoms with van der Waals surface area (Å²) in [5.41, 5.74) is 3.22. The molecule has 0 saturated carbocycles. The van der Waals surface area contributed by atoms with Crippen LogP contribution in [0.5, 0.6) is 0 Å². The average Bonchev–Trinajstić information content (AvgIpc) is 2.87. The van der Waals surface area contributed by atoms with Crippen LogP contribution in [-0.4, -0.2) is 26.6 Å². The third kappa shape index (κ3) is 2.24. The van der Waals surface area contributed by atoms with E-state index in [1.807, 2.05) is 42.6 Å². The van der Waals surface area contributed by atoms with Gasteiger partial charge in [-0.05, 0) is 33.0 Å². The molecule has 5 heteroatoms. The second-order valence-electron chi connectivity index (χ2n) is 4.16. The molecule has 2 aromatic heterocycles. The van der Waals surface area contributed by atoms with Gasteiger partial charge in [0.25, 0.3) is 0 Å². The molecular weight excluding hydrogens is 214 g/mol. The Kier molecular flexibility index (Phi) is 3.28. The molecule has 0 spiro atoms. The van der Waals surface area contributed by atoms with Gasteiger partial charge in [-0.1, -0.05) is 0 Å². The first-order valence-corrected chi connectivity index (χ1v) is 5.86. The van der Waals surface area contributed by atoms with Crippen molar-refractivity contribution < 1.29 is 0 Å². The lowest BCUT2D eigenvalue weighted by atomic mass is 10.1. The van der Waals surface area contributed by atoms with E-state index in [4.69, 9.17) is 0 Å². The Bertz CT molecular complexity index is 497. The lowest BCUT2D eigenvalue weighted by molar-refractivity contribution is 0.548. The molecule has 0 amide bonds. The highest BCUT2D eigenvalue weighted by atomic mass is 15.3. The average molecular weight is 233 g/mol. The van der Waals surface area contributed by atoms with Crippen molar-refractivity contribution in [2.75, 3.05) is 7.05 Å². The summed E-state index contributed by atoms with van der Waals surface area (Å²) in [6.45, 7) is 4.98. The maximum absolute atomic E-state index is 4.47. The predicted octanol–water partition coefficient (Wildman–Crippen LogP) is 1.25. The summed E-state index contributed by atoms with van der Waals surface area (Å²) >= 11 is 0. The molecule has 0 saturated heterocycles. The lowest BCUT2D eigenvalue weighted by Gasteiger charge is -2.15. The standard InChI is InChI=1S/C12H19N5/c1-5-17-11(8-9(2)14-17)12(13-3)10-6-7-16(4)15-10/h6-8,12-13H,5H2,1-4H3. The zero-order valence-electron chi connectivity index (χ0n) is 10.8. The van der Waals surface area contributed by atoms with Crippen molar-refractivity contribution in [3.8, 4) is 0 Å². The summed E-state index contributed by atoms with van der Waals surface area (Å²) in [6.07, 6.45) is 1.96. The van der Waals surface area contributed by atoms with Crippen molar-refractivity contribution in [2.24, 2.45) is 7.05 Å². The topological polar surface area (TPSA) is 47.7 Å². The van der Waals surface area contributed by atoms with Crippen molar-refractivity contribution in [3.63, 3.8) is 0 Å². The first-order valence-electron chi connectivity index (χ1n) is 5.86. The molecule has 1 N–H and O–H groups in total. The maximum Gasteiger partial charge on any atom is 0.0938 e. The van der Waals surface area contributed by atoms with Gasteiger partial charge in [0.05, 0.1) is 23.1 Å². The van der Waals surface area contributed by atoms with Gasteiger partial charge in [-0.3, -0.25) is 9.36 Å². The summed E-state index contributed by atoms with van der Waals surface area (Å²) in [4.78, 5) is 0. The van der Waals surface area contributed by atoms with Gasteiger partial charge in [-0.15, -0.1) is 0 Å². The molecule has 0 aliphatic carbocycles. The number of aromatic nitrogens is 4. The van der Waals surface area contributed by atoms with Gasteiger partial charge in [0.2, 0.25) is 0 Å². The monoisotopic (exact) mass is 233 g/mol. The van der Waals surface area contributed by atoms with Crippen LogP contribution < -0.4 is 5.32 Å². The first-order chi connectivity index (χ1) is 8.15. The van der Waals surface area contributed by atoms with E-state index in [0.717, 1.165) is 23.6 Å². The molecular formula is C12H19N5. The molecule has 0 aromatic carbocycles. The smallest absolute Gasteiger partial charge is 0.0938 e. The minimum absolute atomic E-state index is 0.0948. The molecule has 0 radical (unpaired) electrons. The molecule has 2 heterocycles. The normalized spacial score (nSPS) is 12.9. The number of rotatable bonds is 4. The van der Waals surface area contributed by atoms with E-state index >= 15 is 0 Å². The second kappa shape index (κ2) is 4.71. The van der Waals surface area contributed by atoms with Crippen molar-refractivity contribution in [2.45, 2.75) is 26.4 Å². The van der Waals surface area contributed by atoms with Crippen molar-refractivity contribution in [1.82, 2.24) is 24.9 Å². The van der Waals surface area contributed by atoms with Crippen LogP contribution in [0.4, 0.5) is 0 Å². The fraction of sp³-hybridized carbons (Fsp3) is 0.500. The van der Waals surface area contributed by atoms with Crippen LogP contribution in [-0.2, 0) is 13.6 Å². The number of nitrogens with zero attached hydrogens (tertiary/aromatic N) is 4. The quantitative estimate of drug-likeness (QED) is 0.864. The van der Waals surface area contributed by atoms with Crippen LogP contribution in [0.1, 0.15) is 30.0 Å². The van der Waals surface area contributed by atoms with E-state index < -0.39 is 0 Å². The maximum atomic E-state index is 4.47. The van der Waals surface area contributed by atoms with Crippen LogP contribution in [0.25, 0.3) is 0 Å². The number of aryl methyl sites for hydroxylation is 3. The molecule has 17 heavy (non-hydrogen) atoms. The van der Waals surface area contributed by atoms with Crippen LogP contribution in [0.3, 0.4) is 0 Å². The van der Waals surface area contributed by atoms with E-state index in [1.165, 1.54) is 0 Å². The third-order valence-corrected chi connectivity index (χ3v) is 2.85. The summed E-state index contributed by atoms with van der Waals surface area (Å²) in [5, 5.41) is 12.2. The molecule has 5 nitrogen and oxygen atoms in total. The Morgan fingerprint density at radius 2 is 2.18 bits per heavy atom. The first kappa shape index (κ1) is 11.9. The largest absolute Gasteiger partial charge is 0.307 e. The van der Waals surface area contributed by atoms with Crippen LogP contribution in [0.2, 0.25) is 0 Å². The Morgan fingerprint density at radius 1 is 1.41 bits per heavy atom. The third-order valence-electron chi connectivity index (χ3n) is 2.85. The summed E-state index contributed by atoms with van der Waals surface area (Å²) in [6, 6.07) is 4.24. The minimum Gasteiger partial charge on any atom is -0.307 e. The number of nitrogens with one attached hydrogen (secondary N) is 1. The van der Waals surface area contributed by atoms with Crippen molar-refractivity contribution in [3.05, 3.63) is 35.4 Å². The Labute approximate surface area is 101 Å². The zero-order valence-corrected chi connectivity index (χ0v) is 10.8. The Hall–Kier alpha value is -1.62. The predicted molar refractivity (Wildman–Crippen MR) is 66.7 cm³/mol. The van der Waals surface area contributed by atoms with Gasteiger partial charge in [0.1, 0.15) is 0 Å². The van der Waals surface area contributed by atoms with E-state index in [0.29, 0.717) is 0 Å². The highest BCUT2D eigenvalue weighted by molar-refractivity contribution is 5.23. The second-order valence-corrected chi connectivity index (χ2v) is 4.16. The molecule has 1 unspecified atom stereocenters. The summed E-state index contributed by atoms with van der Waals surface area (Å²) in [7, 11) is 3.88. The molecule has 2 aromatic rings. The molecule has 92 valence electrons. The van der Waals surface area contributed by atoms with Gasteiger partial charge in [0, 0.05) is 19.8 Å². The molecule has 0 bridgehead atoms. The van der Waals surface area contributed by atoms with Gasteiger partial charge >= 0.3 is 0 Å². The highest BCUT2D eigenvalue weighted by Gasteiger charge is 2.19. The minimum atomic E-state index is 0.0948. The lowest BCUT2D eigenvalue weighted by Crippen LogP contribution is -2.22. The van der Waals surface area contributed by atoms with Gasteiger partial charge in [-0.25, -0.2) is 0 Å². The molecule has 1 atom stereocenters. The summed E-state index contributed by atoms with van der Waals surface area (Å²) < 4.78 is 3.84. The number of hydrogen-bond acceptors (Lipinski definition) is 3. The fourth-order valence-corrected chi connectivity index (χ4v) is 2.09. The Morgan fingerprint density at radius 3 is 2.71 bits per heavy atom. The van der Waals surface area contributed by atoms with E-state index in [9.17, 15) is 0 Å². The Balaban J connectivity index is 2.41. The van der Waals surface area contributed by atoms with E-state index in [-0.39, 0.29) is 6.04 Å². The van der Waals surface area contributed by atoms with Gasteiger partial charge in [0.15, 0.2) is 0 Å². The van der Waals surface area contributed by atoms with Crippen molar-refractivity contribution in [1.29, 1.82) is 0 Å². The van der Waals surface area contributed by atoms with E-state index in [1.54, 1.807) is 0 Å². The van der Waals surface area contributed by atoms with Gasteiger partial charge < -0.3 is 5.32 Å². The molecule has 2 rings (SSSR count). The van der Waals surface area contributed by atoms with Crippen LogP contribution >= 0.6 is 0 Å².